The normalized spacial score (nSPS) is 17.7. The minimum atomic E-state index is -4.57. The van der Waals surface area contributed by atoms with Crippen molar-refractivity contribution in [3.8, 4) is 5.75 Å². The van der Waals surface area contributed by atoms with E-state index in [9.17, 15) is 22.8 Å². The SMILES string of the molecule is COc1ccc(C2=NC3(CCN(C(=O)Nc4ccccc4C(F)(F)F)CC3)NC2=O)cc1. The van der Waals surface area contributed by atoms with Gasteiger partial charge in [-0.25, -0.2) is 4.79 Å². The van der Waals surface area contributed by atoms with Crippen molar-refractivity contribution in [2.75, 3.05) is 25.5 Å². The minimum absolute atomic E-state index is 0.236. The van der Waals surface area contributed by atoms with Crippen molar-refractivity contribution in [2.45, 2.75) is 24.7 Å². The van der Waals surface area contributed by atoms with Crippen molar-refractivity contribution in [1.82, 2.24) is 10.2 Å². The molecule has 2 aliphatic rings. The Kier molecular flexibility index (Phi) is 5.53. The number of likely N-dealkylation sites (tertiary alicyclic amines) is 1. The van der Waals surface area contributed by atoms with Gasteiger partial charge in [0.15, 0.2) is 0 Å². The van der Waals surface area contributed by atoms with Crippen LogP contribution in [0.25, 0.3) is 0 Å². The Hall–Kier alpha value is -3.56. The summed E-state index contributed by atoms with van der Waals surface area (Å²) in [6.07, 6.45) is -3.87. The molecule has 0 atom stereocenters. The molecule has 2 aromatic rings. The predicted molar refractivity (Wildman–Crippen MR) is 112 cm³/mol. The maximum absolute atomic E-state index is 13.2. The lowest BCUT2D eigenvalue weighted by molar-refractivity contribution is -0.136. The number of urea groups is 1. The van der Waals surface area contributed by atoms with Crippen molar-refractivity contribution < 1.29 is 27.5 Å². The molecule has 0 aromatic heterocycles. The molecule has 32 heavy (non-hydrogen) atoms. The Labute approximate surface area is 182 Å². The molecule has 2 aliphatic heterocycles. The number of ether oxygens (including phenoxy) is 1. The molecule has 0 unspecified atom stereocenters. The van der Waals surface area contributed by atoms with Crippen LogP contribution in [0.15, 0.2) is 53.5 Å². The number of anilines is 1. The predicted octanol–water partition coefficient (Wildman–Crippen LogP) is 3.66. The largest absolute Gasteiger partial charge is 0.497 e. The van der Waals surface area contributed by atoms with Crippen molar-refractivity contribution in [3.05, 3.63) is 59.7 Å². The molecule has 2 aromatic carbocycles. The van der Waals surface area contributed by atoms with Crippen LogP contribution in [0.1, 0.15) is 24.0 Å². The first kappa shape index (κ1) is 21.7. The number of benzene rings is 2. The fourth-order valence-electron chi connectivity index (χ4n) is 3.86. The topological polar surface area (TPSA) is 83.0 Å². The van der Waals surface area contributed by atoms with Gasteiger partial charge in [0.05, 0.1) is 18.4 Å². The Bertz CT molecular complexity index is 1060. The summed E-state index contributed by atoms with van der Waals surface area (Å²) in [5.41, 5.74) is -1.06. The van der Waals surface area contributed by atoms with Gasteiger partial charge in [0.25, 0.3) is 5.91 Å². The third-order valence-corrected chi connectivity index (χ3v) is 5.60. The molecule has 1 spiro atoms. The molecule has 2 heterocycles. The average Bonchev–Trinajstić information content (AvgIpc) is 3.09. The molecule has 168 valence electrons. The lowest BCUT2D eigenvalue weighted by Crippen LogP contribution is -2.53. The summed E-state index contributed by atoms with van der Waals surface area (Å²) in [7, 11) is 1.55. The Morgan fingerprint density at radius 3 is 2.41 bits per heavy atom. The molecule has 1 saturated heterocycles. The summed E-state index contributed by atoms with van der Waals surface area (Å²) in [4.78, 5) is 31.1. The van der Waals surface area contributed by atoms with Gasteiger partial charge in [0.1, 0.15) is 17.1 Å². The highest BCUT2D eigenvalue weighted by Gasteiger charge is 2.43. The molecule has 4 rings (SSSR count). The van der Waals surface area contributed by atoms with Crippen molar-refractivity contribution in [2.24, 2.45) is 4.99 Å². The summed E-state index contributed by atoms with van der Waals surface area (Å²) in [5.74, 6) is 0.362. The van der Waals surface area contributed by atoms with Gasteiger partial charge in [-0.3, -0.25) is 9.79 Å². The lowest BCUT2D eigenvalue weighted by Gasteiger charge is -2.37. The number of methoxy groups -OCH3 is 1. The van der Waals surface area contributed by atoms with Gasteiger partial charge in [-0.2, -0.15) is 13.2 Å². The summed E-state index contributed by atoms with van der Waals surface area (Å²) in [6.45, 7) is 0.472. The number of rotatable bonds is 3. The average molecular weight is 446 g/mol. The van der Waals surface area contributed by atoms with Gasteiger partial charge in [-0.15, -0.1) is 0 Å². The van der Waals surface area contributed by atoms with E-state index in [-0.39, 0.29) is 24.7 Å². The van der Waals surface area contributed by atoms with E-state index >= 15 is 0 Å². The first-order chi connectivity index (χ1) is 15.2. The number of hydrogen-bond acceptors (Lipinski definition) is 4. The number of carbonyl (C=O) groups excluding carboxylic acids is 2. The van der Waals surface area contributed by atoms with Crippen molar-refractivity contribution in [3.63, 3.8) is 0 Å². The molecular weight excluding hydrogens is 425 g/mol. The molecule has 3 amide bonds. The number of piperidine rings is 1. The van der Waals surface area contributed by atoms with Gasteiger partial charge in [0, 0.05) is 31.5 Å². The van der Waals surface area contributed by atoms with Crippen LogP contribution < -0.4 is 15.4 Å². The van der Waals surface area contributed by atoms with Gasteiger partial charge in [0.2, 0.25) is 0 Å². The second-order valence-electron chi connectivity index (χ2n) is 7.64. The number of nitrogens with zero attached hydrogens (tertiary/aromatic N) is 2. The third kappa shape index (κ3) is 4.25. The first-order valence-electron chi connectivity index (χ1n) is 10.00. The second kappa shape index (κ2) is 8.18. The Morgan fingerprint density at radius 2 is 1.78 bits per heavy atom. The van der Waals surface area contributed by atoms with Crippen LogP contribution in [-0.2, 0) is 11.0 Å². The highest BCUT2D eigenvalue weighted by molar-refractivity contribution is 6.46. The summed E-state index contributed by atoms with van der Waals surface area (Å²) in [6, 6.07) is 11.2. The van der Waals surface area contributed by atoms with Gasteiger partial charge < -0.3 is 20.3 Å². The number of nitrogens with one attached hydrogen (secondary N) is 2. The maximum Gasteiger partial charge on any atom is 0.418 e. The van der Waals surface area contributed by atoms with Gasteiger partial charge in [-0.1, -0.05) is 12.1 Å². The highest BCUT2D eigenvalue weighted by Crippen LogP contribution is 2.35. The van der Waals surface area contributed by atoms with Crippen LogP contribution in [0.2, 0.25) is 0 Å². The number of para-hydroxylation sites is 1. The molecule has 2 N–H and O–H groups in total. The zero-order valence-corrected chi connectivity index (χ0v) is 17.2. The molecule has 0 radical (unpaired) electrons. The van der Waals surface area contributed by atoms with E-state index in [1.54, 1.807) is 31.4 Å². The first-order valence-corrected chi connectivity index (χ1v) is 10.00. The number of hydrogen-bond donors (Lipinski definition) is 2. The van der Waals surface area contributed by atoms with Crippen molar-refractivity contribution >= 4 is 23.3 Å². The van der Waals surface area contributed by atoms with E-state index in [0.29, 0.717) is 29.9 Å². The number of aliphatic imine (C=N–C) groups is 1. The molecular formula is C22H21F3N4O3. The number of alkyl halides is 3. The molecule has 7 nitrogen and oxygen atoms in total. The molecule has 10 heteroatoms. The monoisotopic (exact) mass is 446 g/mol. The van der Waals surface area contributed by atoms with Crippen LogP contribution >= 0.6 is 0 Å². The van der Waals surface area contributed by atoms with Crippen LogP contribution in [0.4, 0.5) is 23.7 Å². The van der Waals surface area contributed by atoms with Crippen LogP contribution in [-0.4, -0.2) is 48.4 Å². The molecule has 0 saturated carbocycles. The second-order valence-corrected chi connectivity index (χ2v) is 7.64. The third-order valence-electron chi connectivity index (χ3n) is 5.60. The molecule has 1 fully saturated rings. The van der Waals surface area contributed by atoms with Crippen molar-refractivity contribution in [1.29, 1.82) is 0 Å². The van der Waals surface area contributed by atoms with E-state index in [2.05, 4.69) is 15.6 Å². The van der Waals surface area contributed by atoms with Crippen LogP contribution in [0.3, 0.4) is 0 Å². The standard InChI is InChI=1S/C22H21F3N4O3/c1-32-15-8-6-14(7-9-15)18-19(30)28-21(27-18)10-12-29(13-11-21)20(31)26-17-5-3-2-4-16(17)22(23,24)25/h2-9H,10-13H2,1H3,(H,26,31)(H,28,30). The van der Waals surface area contributed by atoms with E-state index < -0.39 is 23.4 Å². The molecule has 0 bridgehead atoms. The van der Waals surface area contributed by atoms with E-state index in [1.807, 2.05) is 0 Å². The van der Waals surface area contributed by atoms with Crippen LogP contribution in [0.5, 0.6) is 5.75 Å². The molecule has 0 aliphatic carbocycles. The Balaban J connectivity index is 1.43. The van der Waals surface area contributed by atoms with Gasteiger partial charge >= 0.3 is 12.2 Å². The Morgan fingerprint density at radius 1 is 1.12 bits per heavy atom. The zero-order chi connectivity index (χ0) is 22.9. The van der Waals surface area contributed by atoms with E-state index in [4.69, 9.17) is 4.74 Å². The fourth-order valence-corrected chi connectivity index (χ4v) is 3.86. The zero-order valence-electron chi connectivity index (χ0n) is 17.2. The lowest BCUT2D eigenvalue weighted by atomic mass is 9.98. The number of carbonyl (C=O) groups is 2. The highest BCUT2D eigenvalue weighted by atomic mass is 19.4. The van der Waals surface area contributed by atoms with Gasteiger partial charge in [-0.05, 0) is 36.4 Å². The van der Waals surface area contributed by atoms with E-state index in [0.717, 1.165) is 6.07 Å². The van der Waals surface area contributed by atoms with Crippen LogP contribution in [0, 0.1) is 0 Å². The summed E-state index contributed by atoms with van der Waals surface area (Å²) < 4.78 is 44.6. The summed E-state index contributed by atoms with van der Waals surface area (Å²) in [5, 5.41) is 5.26. The number of amides is 3. The quantitative estimate of drug-likeness (QED) is 0.755. The minimum Gasteiger partial charge on any atom is -0.497 e. The fraction of sp³-hybridized carbons (Fsp3) is 0.318. The summed E-state index contributed by atoms with van der Waals surface area (Å²) >= 11 is 0. The maximum atomic E-state index is 13.2. The smallest absolute Gasteiger partial charge is 0.418 e. The number of halogens is 3. The van der Waals surface area contributed by atoms with E-state index in [1.165, 1.54) is 23.1 Å².